The molecule has 0 heterocycles. The van der Waals surface area contributed by atoms with E-state index in [0.717, 1.165) is 0 Å². The molecule has 0 spiro atoms. The fraction of sp³-hybridized carbons (Fsp3) is 0.909. The summed E-state index contributed by atoms with van der Waals surface area (Å²) in [4.78, 5) is 22.8. The van der Waals surface area contributed by atoms with Gasteiger partial charge in [0.1, 0.15) is 12.1 Å². The predicted molar refractivity (Wildman–Crippen MR) is 128 cm³/mol. The van der Waals surface area contributed by atoms with E-state index in [0.29, 0.717) is 66.1 Å². The minimum absolute atomic E-state index is 0.0497. The van der Waals surface area contributed by atoms with E-state index in [4.69, 9.17) is 37.9 Å². The maximum atomic E-state index is 11.4. The van der Waals surface area contributed by atoms with Gasteiger partial charge in [0.2, 0.25) is 0 Å². The van der Waals surface area contributed by atoms with Gasteiger partial charge in [-0.25, -0.2) is 0 Å². The first kappa shape index (κ1) is 34.5. The van der Waals surface area contributed by atoms with E-state index in [9.17, 15) is 19.8 Å². The normalized spacial score (nSPS) is 13.1. The van der Waals surface area contributed by atoms with Gasteiger partial charge in [0, 0.05) is 27.3 Å². The zero-order chi connectivity index (χ0) is 26.7. The first-order valence-electron chi connectivity index (χ1n) is 11.9. The Morgan fingerprint density at radius 3 is 1.08 bits per heavy atom. The maximum absolute atomic E-state index is 11.4. The summed E-state index contributed by atoms with van der Waals surface area (Å²) in [6.07, 6.45) is 0. The van der Waals surface area contributed by atoms with Crippen LogP contribution in [0.2, 0.25) is 0 Å². The van der Waals surface area contributed by atoms with E-state index in [2.05, 4.69) is 10.6 Å². The SMILES string of the molecule is COCCOCCOCCOCC(NCCNC(COCCOCCOCCOC)C(=O)O)C(=O)O. The standard InChI is InChI=1S/C22H44N2O12/c1-29-5-7-31-9-11-33-13-15-35-17-19(21(25)26)23-3-4-24-20(22(27)28)18-36-16-14-34-12-10-32-8-6-30-2/h19-20,23-24H,3-18H2,1-2H3,(H,25,26)(H,27,28). The molecule has 2 atom stereocenters. The van der Waals surface area contributed by atoms with Crippen molar-refractivity contribution in [2.24, 2.45) is 0 Å². The zero-order valence-corrected chi connectivity index (χ0v) is 21.4. The van der Waals surface area contributed by atoms with Crippen LogP contribution in [0.3, 0.4) is 0 Å². The van der Waals surface area contributed by atoms with Crippen LogP contribution in [0, 0.1) is 0 Å². The molecule has 214 valence electrons. The minimum atomic E-state index is -1.07. The Morgan fingerprint density at radius 2 is 0.806 bits per heavy atom. The molecule has 0 aromatic heterocycles. The van der Waals surface area contributed by atoms with E-state index in [1.165, 1.54) is 0 Å². The van der Waals surface area contributed by atoms with Crippen molar-refractivity contribution in [2.75, 3.05) is 120 Å². The fourth-order valence-electron chi connectivity index (χ4n) is 2.49. The third-order valence-corrected chi connectivity index (χ3v) is 4.42. The summed E-state index contributed by atoms with van der Waals surface area (Å²) in [5.74, 6) is -2.13. The summed E-state index contributed by atoms with van der Waals surface area (Å²) in [5, 5.41) is 24.3. The average Bonchev–Trinajstić information content (AvgIpc) is 2.85. The van der Waals surface area contributed by atoms with Gasteiger partial charge < -0.3 is 58.7 Å². The minimum Gasteiger partial charge on any atom is -0.480 e. The second-order valence-electron chi connectivity index (χ2n) is 7.27. The maximum Gasteiger partial charge on any atom is 0.323 e. The molecule has 0 rings (SSSR count). The molecule has 0 aromatic rings. The predicted octanol–water partition coefficient (Wildman–Crippen LogP) is -1.54. The highest BCUT2D eigenvalue weighted by atomic mass is 16.6. The molecule has 2 unspecified atom stereocenters. The van der Waals surface area contributed by atoms with Gasteiger partial charge in [0.05, 0.1) is 92.5 Å². The van der Waals surface area contributed by atoms with Gasteiger partial charge in [-0.15, -0.1) is 0 Å². The molecule has 0 saturated carbocycles. The van der Waals surface area contributed by atoms with Crippen LogP contribution in [0.1, 0.15) is 0 Å². The molecule has 0 aromatic carbocycles. The molecule has 36 heavy (non-hydrogen) atoms. The third-order valence-electron chi connectivity index (χ3n) is 4.42. The number of methoxy groups -OCH3 is 2. The van der Waals surface area contributed by atoms with Gasteiger partial charge in [-0.2, -0.15) is 0 Å². The Morgan fingerprint density at radius 1 is 0.528 bits per heavy atom. The summed E-state index contributed by atoms with van der Waals surface area (Å²) in [6.45, 7) is 5.21. The molecular weight excluding hydrogens is 484 g/mol. The summed E-state index contributed by atoms with van der Waals surface area (Å²) in [5.41, 5.74) is 0. The van der Waals surface area contributed by atoms with E-state index in [1.54, 1.807) is 14.2 Å². The number of hydrogen-bond donors (Lipinski definition) is 4. The van der Waals surface area contributed by atoms with Crippen molar-refractivity contribution in [3.05, 3.63) is 0 Å². The smallest absolute Gasteiger partial charge is 0.323 e. The average molecular weight is 529 g/mol. The van der Waals surface area contributed by atoms with E-state index < -0.39 is 24.0 Å². The molecular formula is C22H44N2O12. The Labute approximate surface area is 212 Å². The number of ether oxygens (including phenoxy) is 8. The van der Waals surface area contributed by atoms with E-state index >= 15 is 0 Å². The van der Waals surface area contributed by atoms with Gasteiger partial charge in [-0.1, -0.05) is 0 Å². The second kappa shape index (κ2) is 26.6. The van der Waals surface area contributed by atoms with Crippen LogP contribution in [0.4, 0.5) is 0 Å². The van der Waals surface area contributed by atoms with Crippen molar-refractivity contribution >= 4 is 11.9 Å². The van der Waals surface area contributed by atoms with Crippen molar-refractivity contribution < 1.29 is 57.7 Å². The number of carboxylic acids is 2. The first-order chi connectivity index (χ1) is 17.5. The highest BCUT2D eigenvalue weighted by molar-refractivity contribution is 5.74. The van der Waals surface area contributed by atoms with Gasteiger partial charge in [0.15, 0.2) is 0 Å². The number of hydrogen-bond acceptors (Lipinski definition) is 12. The number of carbonyl (C=O) groups is 2. The quantitative estimate of drug-likeness (QED) is 0.0823. The summed E-state index contributed by atoms with van der Waals surface area (Å²) in [6, 6.07) is -1.86. The van der Waals surface area contributed by atoms with Crippen LogP contribution in [0.25, 0.3) is 0 Å². The molecule has 0 aliphatic heterocycles. The lowest BCUT2D eigenvalue weighted by Crippen LogP contribution is -2.47. The van der Waals surface area contributed by atoms with Crippen molar-refractivity contribution in [1.82, 2.24) is 10.6 Å². The molecule has 0 aliphatic carbocycles. The van der Waals surface area contributed by atoms with Gasteiger partial charge in [-0.05, 0) is 0 Å². The highest BCUT2D eigenvalue weighted by Gasteiger charge is 2.19. The topological polar surface area (TPSA) is 172 Å². The van der Waals surface area contributed by atoms with Crippen molar-refractivity contribution in [3.8, 4) is 0 Å². The largest absolute Gasteiger partial charge is 0.480 e. The molecule has 0 radical (unpaired) electrons. The third kappa shape index (κ3) is 23.0. The van der Waals surface area contributed by atoms with Crippen LogP contribution in [-0.2, 0) is 47.5 Å². The second-order valence-corrected chi connectivity index (χ2v) is 7.27. The number of nitrogens with one attached hydrogen (secondary N) is 2. The highest BCUT2D eigenvalue weighted by Crippen LogP contribution is 1.91. The summed E-state index contributed by atoms with van der Waals surface area (Å²) >= 11 is 0. The first-order valence-corrected chi connectivity index (χ1v) is 11.9. The molecule has 0 saturated heterocycles. The Kier molecular flexibility index (Phi) is 25.5. The summed E-state index contributed by atoms with van der Waals surface area (Å²) in [7, 11) is 3.19. The van der Waals surface area contributed by atoms with Crippen molar-refractivity contribution in [1.29, 1.82) is 0 Å². The Bertz CT molecular complexity index is 471. The molecule has 14 nitrogen and oxygen atoms in total. The van der Waals surface area contributed by atoms with Crippen LogP contribution >= 0.6 is 0 Å². The van der Waals surface area contributed by atoms with Gasteiger partial charge >= 0.3 is 11.9 Å². The van der Waals surface area contributed by atoms with Crippen LogP contribution in [0.5, 0.6) is 0 Å². The van der Waals surface area contributed by atoms with E-state index in [-0.39, 0.29) is 39.5 Å². The molecule has 4 N–H and O–H groups in total. The fourth-order valence-corrected chi connectivity index (χ4v) is 2.49. The lowest BCUT2D eigenvalue weighted by atomic mass is 10.3. The van der Waals surface area contributed by atoms with Crippen LogP contribution in [-0.4, -0.2) is 154 Å². The monoisotopic (exact) mass is 528 g/mol. The van der Waals surface area contributed by atoms with Crippen LogP contribution in [0.15, 0.2) is 0 Å². The zero-order valence-electron chi connectivity index (χ0n) is 21.4. The van der Waals surface area contributed by atoms with E-state index in [1.807, 2.05) is 0 Å². The van der Waals surface area contributed by atoms with Crippen molar-refractivity contribution in [2.45, 2.75) is 12.1 Å². The summed E-state index contributed by atoms with van der Waals surface area (Å²) < 4.78 is 41.6. The molecule has 0 aliphatic rings. The lowest BCUT2D eigenvalue weighted by molar-refractivity contribution is -0.142. The van der Waals surface area contributed by atoms with Gasteiger partial charge in [-0.3, -0.25) is 9.59 Å². The number of aliphatic carboxylic acids is 2. The van der Waals surface area contributed by atoms with Crippen molar-refractivity contribution in [3.63, 3.8) is 0 Å². The number of rotatable bonds is 29. The van der Waals surface area contributed by atoms with Gasteiger partial charge in [0.25, 0.3) is 0 Å². The Hall–Kier alpha value is -1.46. The molecule has 0 bridgehead atoms. The number of carboxylic acid groups (broad SMARTS) is 2. The molecule has 14 heteroatoms. The lowest BCUT2D eigenvalue weighted by Gasteiger charge is -2.17. The van der Waals surface area contributed by atoms with Crippen LogP contribution < -0.4 is 10.6 Å². The molecule has 0 fully saturated rings. The molecule has 0 amide bonds. The Balaban J connectivity index is 3.81.